The van der Waals surface area contributed by atoms with Gasteiger partial charge in [-0.25, -0.2) is 0 Å². The molecule has 0 heterocycles. The van der Waals surface area contributed by atoms with Crippen LogP contribution >= 0.6 is 23.2 Å². The summed E-state index contributed by atoms with van der Waals surface area (Å²) in [5, 5.41) is 3.67. The average Bonchev–Trinajstić information content (AvgIpc) is 2.66. The van der Waals surface area contributed by atoms with Gasteiger partial charge in [0.25, 0.3) is 5.91 Å². The second kappa shape index (κ2) is 9.05. The number of carbonyl (C=O) groups excluding carboxylic acids is 1. The minimum absolute atomic E-state index is 0.122. The number of para-hydroxylation sites is 1. The molecule has 3 nitrogen and oxygen atoms in total. The first kappa shape index (κ1) is 19.4. The predicted octanol–water partition coefficient (Wildman–Crippen LogP) is 4.31. The van der Waals surface area contributed by atoms with Gasteiger partial charge in [-0.05, 0) is 23.3 Å². The van der Waals surface area contributed by atoms with Gasteiger partial charge in [0.1, 0.15) is 6.54 Å². The predicted molar refractivity (Wildman–Crippen MR) is 112 cm³/mol. The lowest BCUT2D eigenvalue weighted by atomic mass is 10.0. The first-order valence-corrected chi connectivity index (χ1v) is 9.48. The van der Waals surface area contributed by atoms with E-state index in [0.717, 1.165) is 11.4 Å². The van der Waals surface area contributed by atoms with Crippen LogP contribution in [0.3, 0.4) is 0 Å². The SMILES string of the molecule is C[NH+](CC(=O)Nc1c(Cl)cccc1Cl)Cc1ccc(-c2ccccc2)cc1. The Morgan fingerprint density at radius 1 is 0.852 bits per heavy atom. The number of quaternary nitrogens is 1. The molecule has 0 aliphatic heterocycles. The van der Waals surface area contributed by atoms with E-state index >= 15 is 0 Å². The van der Waals surface area contributed by atoms with Crippen LogP contribution in [0.25, 0.3) is 11.1 Å². The molecule has 3 aromatic rings. The molecule has 0 spiro atoms. The van der Waals surface area contributed by atoms with E-state index in [1.165, 1.54) is 16.7 Å². The molecule has 1 amide bonds. The van der Waals surface area contributed by atoms with Crippen molar-refractivity contribution in [2.45, 2.75) is 6.54 Å². The molecule has 0 bridgehead atoms. The zero-order valence-electron chi connectivity index (χ0n) is 15.0. The van der Waals surface area contributed by atoms with Crippen LogP contribution in [-0.4, -0.2) is 19.5 Å². The molecular formula is C22H21Cl2N2O+. The highest BCUT2D eigenvalue weighted by Gasteiger charge is 2.14. The molecule has 2 N–H and O–H groups in total. The van der Waals surface area contributed by atoms with Crippen molar-refractivity contribution in [1.29, 1.82) is 0 Å². The summed E-state index contributed by atoms with van der Waals surface area (Å²) in [6, 6.07) is 23.9. The van der Waals surface area contributed by atoms with Gasteiger partial charge in [0.2, 0.25) is 0 Å². The molecule has 3 rings (SSSR count). The minimum Gasteiger partial charge on any atom is -0.326 e. The third kappa shape index (κ3) is 5.33. The fourth-order valence-corrected chi connectivity index (χ4v) is 3.42. The molecule has 0 saturated heterocycles. The highest BCUT2D eigenvalue weighted by Crippen LogP contribution is 2.29. The summed E-state index contributed by atoms with van der Waals surface area (Å²) >= 11 is 12.2. The molecule has 0 saturated carbocycles. The quantitative estimate of drug-likeness (QED) is 0.635. The van der Waals surface area contributed by atoms with Crippen molar-refractivity contribution in [2.75, 3.05) is 18.9 Å². The summed E-state index contributed by atoms with van der Waals surface area (Å²) in [6.45, 7) is 1.07. The second-order valence-electron chi connectivity index (χ2n) is 6.52. The molecule has 27 heavy (non-hydrogen) atoms. The largest absolute Gasteiger partial charge is 0.326 e. The van der Waals surface area contributed by atoms with Crippen LogP contribution in [0.2, 0.25) is 10.0 Å². The van der Waals surface area contributed by atoms with Gasteiger partial charge in [-0.15, -0.1) is 0 Å². The molecule has 0 fully saturated rings. The summed E-state index contributed by atoms with van der Waals surface area (Å²) in [4.78, 5) is 13.4. The zero-order valence-corrected chi connectivity index (χ0v) is 16.5. The first-order valence-electron chi connectivity index (χ1n) is 8.72. The standard InChI is InChI=1S/C22H20Cl2N2O/c1-26(15-21(27)25-22-19(23)8-5-9-20(22)24)14-16-10-12-18(13-11-16)17-6-3-2-4-7-17/h2-13H,14-15H2,1H3,(H,25,27)/p+1. The maximum atomic E-state index is 12.3. The number of rotatable bonds is 6. The Kier molecular flexibility index (Phi) is 6.51. The number of carbonyl (C=O) groups is 1. The second-order valence-corrected chi connectivity index (χ2v) is 7.33. The smallest absolute Gasteiger partial charge is 0.279 e. The van der Waals surface area contributed by atoms with Crippen LogP contribution in [0, 0.1) is 0 Å². The summed E-state index contributed by atoms with van der Waals surface area (Å²) in [5.41, 5.74) is 4.02. The van der Waals surface area contributed by atoms with Crippen molar-refractivity contribution in [3.8, 4) is 11.1 Å². The van der Waals surface area contributed by atoms with Gasteiger partial charge in [-0.2, -0.15) is 0 Å². The van der Waals surface area contributed by atoms with E-state index in [0.29, 0.717) is 22.3 Å². The summed E-state index contributed by atoms with van der Waals surface area (Å²) in [7, 11) is 1.99. The minimum atomic E-state index is -0.122. The molecule has 1 atom stereocenters. The van der Waals surface area contributed by atoms with E-state index in [4.69, 9.17) is 23.2 Å². The van der Waals surface area contributed by atoms with Gasteiger partial charge >= 0.3 is 0 Å². The van der Waals surface area contributed by atoms with Gasteiger partial charge in [0.15, 0.2) is 6.54 Å². The fourth-order valence-electron chi connectivity index (χ4n) is 2.93. The van der Waals surface area contributed by atoms with Crippen molar-refractivity contribution in [3.63, 3.8) is 0 Å². The number of anilines is 1. The molecule has 5 heteroatoms. The van der Waals surface area contributed by atoms with E-state index < -0.39 is 0 Å². The number of hydrogen-bond acceptors (Lipinski definition) is 1. The molecule has 0 aliphatic rings. The van der Waals surface area contributed by atoms with Crippen molar-refractivity contribution in [2.24, 2.45) is 0 Å². The van der Waals surface area contributed by atoms with Crippen LogP contribution in [-0.2, 0) is 11.3 Å². The Hall–Kier alpha value is -2.33. The highest BCUT2D eigenvalue weighted by atomic mass is 35.5. The molecule has 0 radical (unpaired) electrons. The molecule has 138 valence electrons. The van der Waals surface area contributed by atoms with E-state index in [-0.39, 0.29) is 5.91 Å². The van der Waals surface area contributed by atoms with Crippen LogP contribution in [0.5, 0.6) is 0 Å². The van der Waals surface area contributed by atoms with Crippen LogP contribution < -0.4 is 10.2 Å². The molecule has 3 aromatic carbocycles. The van der Waals surface area contributed by atoms with E-state index in [9.17, 15) is 4.79 Å². The number of nitrogens with one attached hydrogen (secondary N) is 2. The monoisotopic (exact) mass is 399 g/mol. The van der Waals surface area contributed by atoms with E-state index in [1.807, 2.05) is 25.2 Å². The Bertz CT molecular complexity index is 891. The van der Waals surface area contributed by atoms with Gasteiger partial charge in [0, 0.05) is 5.56 Å². The Morgan fingerprint density at radius 3 is 2.07 bits per heavy atom. The topological polar surface area (TPSA) is 33.5 Å². The number of benzene rings is 3. The first-order chi connectivity index (χ1) is 13.0. The van der Waals surface area contributed by atoms with Gasteiger partial charge in [-0.1, -0.05) is 83.9 Å². The fraction of sp³-hybridized carbons (Fsp3) is 0.136. The maximum absolute atomic E-state index is 12.3. The van der Waals surface area contributed by atoms with Crippen molar-refractivity contribution < 1.29 is 9.69 Å². The Labute approximate surface area is 169 Å². The Balaban J connectivity index is 1.57. The zero-order chi connectivity index (χ0) is 19.2. The van der Waals surface area contributed by atoms with Gasteiger partial charge < -0.3 is 10.2 Å². The lowest BCUT2D eigenvalue weighted by molar-refractivity contribution is -0.885. The van der Waals surface area contributed by atoms with Gasteiger partial charge in [-0.3, -0.25) is 4.79 Å². The maximum Gasteiger partial charge on any atom is 0.279 e. The number of halogens is 2. The number of hydrogen-bond donors (Lipinski definition) is 2. The summed E-state index contributed by atoms with van der Waals surface area (Å²) < 4.78 is 0. The third-order valence-electron chi connectivity index (χ3n) is 4.26. The van der Waals surface area contributed by atoms with E-state index in [1.54, 1.807) is 18.2 Å². The van der Waals surface area contributed by atoms with Crippen molar-refractivity contribution >= 4 is 34.8 Å². The Morgan fingerprint density at radius 2 is 1.44 bits per heavy atom. The average molecular weight is 400 g/mol. The number of likely N-dealkylation sites (N-methyl/N-ethyl adjacent to an activating group) is 1. The van der Waals surface area contributed by atoms with Crippen LogP contribution in [0.4, 0.5) is 5.69 Å². The van der Waals surface area contributed by atoms with Crippen molar-refractivity contribution in [3.05, 3.63) is 88.4 Å². The third-order valence-corrected chi connectivity index (χ3v) is 4.89. The summed E-state index contributed by atoms with van der Waals surface area (Å²) in [5.74, 6) is -0.122. The van der Waals surface area contributed by atoms with E-state index in [2.05, 4.69) is 41.7 Å². The molecular weight excluding hydrogens is 379 g/mol. The van der Waals surface area contributed by atoms with Gasteiger partial charge in [0.05, 0.1) is 22.8 Å². The van der Waals surface area contributed by atoms with Crippen molar-refractivity contribution in [1.82, 2.24) is 0 Å². The lowest BCUT2D eigenvalue weighted by Crippen LogP contribution is -3.08. The summed E-state index contributed by atoms with van der Waals surface area (Å²) in [6.07, 6.45) is 0. The molecule has 0 aliphatic carbocycles. The van der Waals surface area contributed by atoms with Crippen LogP contribution in [0.15, 0.2) is 72.8 Å². The highest BCUT2D eigenvalue weighted by molar-refractivity contribution is 6.39. The molecule has 1 unspecified atom stereocenters. The lowest BCUT2D eigenvalue weighted by Gasteiger charge is -2.15. The molecule has 0 aromatic heterocycles. The number of amides is 1. The normalized spacial score (nSPS) is 11.8. The van der Waals surface area contributed by atoms with Crippen LogP contribution in [0.1, 0.15) is 5.56 Å².